The number of nitrogens with one attached hydrogen (secondary N) is 1. The molecule has 4 heteroatoms. The van der Waals surface area contributed by atoms with Crippen LogP contribution in [0.25, 0.3) is 0 Å². The molecule has 1 aromatic rings. The third-order valence-corrected chi connectivity index (χ3v) is 2.41. The van der Waals surface area contributed by atoms with E-state index in [4.69, 9.17) is 4.74 Å². The van der Waals surface area contributed by atoms with Crippen molar-refractivity contribution in [1.29, 1.82) is 0 Å². The summed E-state index contributed by atoms with van der Waals surface area (Å²) in [5, 5.41) is 3.15. The number of aromatic nitrogens is 1. The van der Waals surface area contributed by atoms with Gasteiger partial charge in [-0.25, -0.2) is 0 Å². The standard InChI is InChI=1S/C12H20N2O2/c1-9(2)16-12(15)8-14-7-5-6-11(14)10(3)13-4/h5-7,9-10,13H,8H2,1-4H3. The number of esters is 1. The van der Waals surface area contributed by atoms with Crippen LogP contribution in [0.4, 0.5) is 0 Å². The van der Waals surface area contributed by atoms with Gasteiger partial charge in [0.2, 0.25) is 0 Å². The summed E-state index contributed by atoms with van der Waals surface area (Å²) in [6, 6.07) is 4.16. The molecule has 0 saturated heterocycles. The van der Waals surface area contributed by atoms with Crippen LogP contribution in [-0.4, -0.2) is 23.7 Å². The van der Waals surface area contributed by atoms with Gasteiger partial charge in [-0.15, -0.1) is 0 Å². The topological polar surface area (TPSA) is 43.3 Å². The normalized spacial score (nSPS) is 12.8. The Morgan fingerprint density at radius 3 is 2.75 bits per heavy atom. The lowest BCUT2D eigenvalue weighted by molar-refractivity contribution is -0.148. The molecule has 0 aromatic carbocycles. The lowest BCUT2D eigenvalue weighted by Crippen LogP contribution is -2.21. The Labute approximate surface area is 96.6 Å². The van der Waals surface area contributed by atoms with Gasteiger partial charge in [0.05, 0.1) is 6.10 Å². The molecule has 0 amide bonds. The van der Waals surface area contributed by atoms with Crippen molar-refractivity contribution in [3.05, 3.63) is 24.0 Å². The number of nitrogens with zero attached hydrogens (tertiary/aromatic N) is 1. The van der Waals surface area contributed by atoms with E-state index in [2.05, 4.69) is 12.2 Å². The Bertz CT molecular complexity index is 345. The Morgan fingerprint density at radius 1 is 1.50 bits per heavy atom. The lowest BCUT2D eigenvalue weighted by Gasteiger charge is -2.15. The molecule has 1 unspecified atom stereocenters. The number of rotatable bonds is 5. The molecule has 0 bridgehead atoms. The molecule has 1 aromatic heterocycles. The third kappa shape index (κ3) is 3.38. The highest BCUT2D eigenvalue weighted by Gasteiger charge is 2.12. The molecule has 0 aliphatic rings. The average Bonchev–Trinajstić information content (AvgIpc) is 2.63. The van der Waals surface area contributed by atoms with Gasteiger partial charge < -0.3 is 14.6 Å². The molecule has 90 valence electrons. The van der Waals surface area contributed by atoms with Crippen LogP contribution in [0.5, 0.6) is 0 Å². The molecule has 1 N–H and O–H groups in total. The van der Waals surface area contributed by atoms with Gasteiger partial charge in [-0.3, -0.25) is 4.79 Å². The Kier molecular flexibility index (Phi) is 4.55. The van der Waals surface area contributed by atoms with Crippen LogP contribution >= 0.6 is 0 Å². The first-order valence-corrected chi connectivity index (χ1v) is 5.56. The van der Waals surface area contributed by atoms with E-state index >= 15 is 0 Å². The van der Waals surface area contributed by atoms with Crippen LogP contribution in [0.3, 0.4) is 0 Å². The van der Waals surface area contributed by atoms with Crippen LogP contribution in [0.15, 0.2) is 18.3 Å². The second-order valence-corrected chi connectivity index (χ2v) is 4.11. The van der Waals surface area contributed by atoms with E-state index in [0.717, 1.165) is 5.69 Å². The van der Waals surface area contributed by atoms with Crippen molar-refractivity contribution >= 4 is 5.97 Å². The molecule has 16 heavy (non-hydrogen) atoms. The van der Waals surface area contributed by atoms with Crippen molar-refractivity contribution in [2.24, 2.45) is 0 Å². The molecule has 4 nitrogen and oxygen atoms in total. The maximum Gasteiger partial charge on any atom is 0.326 e. The van der Waals surface area contributed by atoms with Crippen LogP contribution in [0, 0.1) is 0 Å². The van der Waals surface area contributed by atoms with Gasteiger partial charge in [0.15, 0.2) is 0 Å². The van der Waals surface area contributed by atoms with Crippen LogP contribution in [-0.2, 0) is 16.1 Å². The van der Waals surface area contributed by atoms with E-state index in [1.807, 2.05) is 43.8 Å². The van der Waals surface area contributed by atoms with Crippen molar-refractivity contribution in [1.82, 2.24) is 9.88 Å². The molecule has 0 radical (unpaired) electrons. The summed E-state index contributed by atoms with van der Waals surface area (Å²) < 4.78 is 7.02. The lowest BCUT2D eigenvalue weighted by atomic mass is 10.2. The SMILES string of the molecule is CNC(C)c1cccn1CC(=O)OC(C)C. The number of carbonyl (C=O) groups excluding carboxylic acids is 1. The molecule has 1 atom stereocenters. The highest BCUT2D eigenvalue weighted by molar-refractivity contribution is 5.69. The summed E-state index contributed by atoms with van der Waals surface area (Å²) in [6.45, 7) is 6.03. The number of carbonyl (C=O) groups is 1. The summed E-state index contributed by atoms with van der Waals surface area (Å²) in [4.78, 5) is 11.5. The first-order chi connectivity index (χ1) is 7.54. The second-order valence-electron chi connectivity index (χ2n) is 4.11. The quantitative estimate of drug-likeness (QED) is 0.774. The molecular weight excluding hydrogens is 204 g/mol. The largest absolute Gasteiger partial charge is 0.462 e. The minimum absolute atomic E-state index is 0.0618. The van der Waals surface area contributed by atoms with Crippen LogP contribution in [0.1, 0.15) is 32.5 Å². The van der Waals surface area contributed by atoms with Gasteiger partial charge >= 0.3 is 5.97 Å². The number of hydrogen-bond acceptors (Lipinski definition) is 3. The van der Waals surface area contributed by atoms with Crippen molar-refractivity contribution in [3.8, 4) is 0 Å². The summed E-state index contributed by atoms with van der Waals surface area (Å²) in [7, 11) is 1.90. The zero-order valence-electron chi connectivity index (χ0n) is 10.4. The van der Waals surface area contributed by atoms with Gasteiger partial charge in [-0.1, -0.05) is 0 Å². The van der Waals surface area contributed by atoms with Gasteiger partial charge in [0.25, 0.3) is 0 Å². The molecule has 0 aliphatic carbocycles. The van der Waals surface area contributed by atoms with Gasteiger partial charge in [0, 0.05) is 17.9 Å². The maximum atomic E-state index is 11.5. The van der Waals surface area contributed by atoms with Crippen molar-refractivity contribution < 1.29 is 9.53 Å². The predicted octanol–water partition coefficient (Wildman–Crippen LogP) is 1.72. The van der Waals surface area contributed by atoms with E-state index in [1.165, 1.54) is 0 Å². The Morgan fingerprint density at radius 2 is 2.19 bits per heavy atom. The summed E-state index contributed by atoms with van der Waals surface area (Å²) in [5.74, 6) is -0.198. The van der Waals surface area contributed by atoms with Crippen LogP contribution in [0.2, 0.25) is 0 Å². The van der Waals surface area contributed by atoms with Crippen molar-refractivity contribution in [2.75, 3.05) is 7.05 Å². The highest BCUT2D eigenvalue weighted by atomic mass is 16.5. The monoisotopic (exact) mass is 224 g/mol. The van der Waals surface area contributed by atoms with E-state index in [1.54, 1.807) is 0 Å². The highest BCUT2D eigenvalue weighted by Crippen LogP contribution is 2.12. The van der Waals surface area contributed by atoms with Gasteiger partial charge in [-0.2, -0.15) is 0 Å². The van der Waals surface area contributed by atoms with E-state index in [-0.39, 0.29) is 24.7 Å². The first-order valence-electron chi connectivity index (χ1n) is 5.56. The fraction of sp³-hybridized carbons (Fsp3) is 0.583. The molecule has 0 saturated carbocycles. The average molecular weight is 224 g/mol. The number of ether oxygens (including phenoxy) is 1. The van der Waals surface area contributed by atoms with Crippen molar-refractivity contribution in [3.63, 3.8) is 0 Å². The van der Waals surface area contributed by atoms with E-state index in [0.29, 0.717) is 0 Å². The fourth-order valence-electron chi connectivity index (χ4n) is 1.55. The fourth-order valence-corrected chi connectivity index (χ4v) is 1.55. The molecule has 1 heterocycles. The smallest absolute Gasteiger partial charge is 0.326 e. The predicted molar refractivity (Wildman–Crippen MR) is 63.1 cm³/mol. The molecule has 1 rings (SSSR count). The summed E-state index contributed by atoms with van der Waals surface area (Å²) in [6.07, 6.45) is 1.83. The Balaban J connectivity index is 2.67. The molecular formula is C12H20N2O2. The van der Waals surface area contributed by atoms with Crippen LogP contribution < -0.4 is 5.32 Å². The van der Waals surface area contributed by atoms with Gasteiger partial charge in [0.1, 0.15) is 6.54 Å². The minimum atomic E-state index is -0.198. The summed E-state index contributed by atoms with van der Waals surface area (Å²) in [5.41, 5.74) is 1.09. The summed E-state index contributed by atoms with van der Waals surface area (Å²) >= 11 is 0. The zero-order valence-corrected chi connectivity index (χ0v) is 10.4. The van der Waals surface area contributed by atoms with Gasteiger partial charge in [-0.05, 0) is 40.0 Å². The maximum absolute atomic E-state index is 11.5. The molecule has 0 aliphatic heterocycles. The third-order valence-electron chi connectivity index (χ3n) is 2.41. The van der Waals surface area contributed by atoms with Crippen molar-refractivity contribution in [2.45, 2.75) is 39.5 Å². The first kappa shape index (κ1) is 12.8. The minimum Gasteiger partial charge on any atom is -0.462 e. The van der Waals surface area contributed by atoms with E-state index in [9.17, 15) is 4.79 Å². The molecule has 0 spiro atoms. The number of hydrogen-bond donors (Lipinski definition) is 1. The Hall–Kier alpha value is -1.29. The van der Waals surface area contributed by atoms with E-state index < -0.39 is 0 Å². The zero-order chi connectivity index (χ0) is 12.1. The second kappa shape index (κ2) is 5.70. The molecule has 0 fully saturated rings.